The number of nitrogens with zero attached hydrogens (tertiary/aromatic N) is 1. The molecule has 30 heavy (non-hydrogen) atoms. The average molecular weight is 408 g/mol. The molecule has 2 aromatic carbocycles. The fraction of sp³-hybridized carbons (Fsp3) is 0.304. The van der Waals surface area contributed by atoms with E-state index in [1.165, 1.54) is 0 Å². The summed E-state index contributed by atoms with van der Waals surface area (Å²) >= 11 is 0. The van der Waals surface area contributed by atoms with Gasteiger partial charge in [-0.05, 0) is 24.1 Å². The minimum Gasteiger partial charge on any atom is -0.445 e. The Kier molecular flexibility index (Phi) is 6.95. The van der Waals surface area contributed by atoms with Gasteiger partial charge in [0.15, 0.2) is 0 Å². The molecule has 0 radical (unpaired) electrons. The van der Waals surface area contributed by atoms with Crippen LogP contribution in [0.2, 0.25) is 0 Å². The number of rotatable bonds is 9. The van der Waals surface area contributed by atoms with Crippen LogP contribution in [-0.2, 0) is 16.1 Å². The van der Waals surface area contributed by atoms with Crippen molar-refractivity contribution in [1.29, 1.82) is 0 Å². The number of fused-ring (bicyclic) bond motifs is 1. The fourth-order valence-corrected chi connectivity index (χ4v) is 3.35. The van der Waals surface area contributed by atoms with Crippen LogP contribution in [0.15, 0.2) is 54.6 Å². The highest BCUT2D eigenvalue weighted by molar-refractivity contribution is 6.21. The quantitative estimate of drug-likeness (QED) is 0.643. The third-order valence-corrected chi connectivity index (χ3v) is 5.08. The number of Topliss-reactive ketones (excluding diaryl/α,β-unsaturated/α-hetero) is 1. The van der Waals surface area contributed by atoms with Crippen molar-refractivity contribution in [3.8, 4) is 0 Å². The molecule has 0 bridgehead atoms. The monoisotopic (exact) mass is 408 g/mol. The van der Waals surface area contributed by atoms with Gasteiger partial charge < -0.3 is 10.1 Å². The summed E-state index contributed by atoms with van der Waals surface area (Å²) in [7, 11) is 0. The predicted molar refractivity (Wildman–Crippen MR) is 110 cm³/mol. The van der Waals surface area contributed by atoms with E-state index in [0.29, 0.717) is 17.5 Å². The van der Waals surface area contributed by atoms with Crippen LogP contribution < -0.4 is 5.32 Å². The number of amides is 3. The van der Waals surface area contributed by atoms with Crippen molar-refractivity contribution in [2.24, 2.45) is 5.92 Å². The molecule has 7 heteroatoms. The summed E-state index contributed by atoms with van der Waals surface area (Å²) < 4.78 is 5.11. The van der Waals surface area contributed by atoms with Crippen LogP contribution >= 0.6 is 0 Å². The molecule has 7 nitrogen and oxygen atoms in total. The van der Waals surface area contributed by atoms with Gasteiger partial charge in [-0.2, -0.15) is 0 Å². The lowest BCUT2D eigenvalue weighted by Crippen LogP contribution is -2.38. The van der Waals surface area contributed by atoms with E-state index < -0.39 is 12.0 Å². The number of ether oxygens (including phenoxy) is 1. The normalized spacial score (nSPS) is 13.7. The van der Waals surface area contributed by atoms with E-state index in [9.17, 15) is 19.2 Å². The number of ketones is 1. The van der Waals surface area contributed by atoms with Crippen molar-refractivity contribution in [1.82, 2.24) is 10.2 Å². The summed E-state index contributed by atoms with van der Waals surface area (Å²) in [4.78, 5) is 50.5. The summed E-state index contributed by atoms with van der Waals surface area (Å²) in [5, 5.41) is 2.56. The molecular formula is C23H24N2O5. The Bertz CT molecular complexity index is 907. The van der Waals surface area contributed by atoms with Crippen molar-refractivity contribution in [2.45, 2.75) is 26.4 Å². The molecule has 3 amide bonds. The largest absolute Gasteiger partial charge is 0.445 e. The second kappa shape index (κ2) is 9.82. The van der Waals surface area contributed by atoms with Crippen LogP contribution in [0, 0.1) is 5.92 Å². The molecule has 2 aromatic rings. The SMILES string of the molecule is CCC(CN1C(=O)c2ccccc2C1=O)C(=O)CCNC(=O)OCc1ccccc1. The molecule has 0 spiro atoms. The zero-order valence-corrected chi connectivity index (χ0v) is 16.8. The lowest BCUT2D eigenvalue weighted by molar-refractivity contribution is -0.123. The molecule has 0 fully saturated rings. The molecule has 1 N–H and O–H groups in total. The third kappa shape index (κ3) is 4.92. The minimum atomic E-state index is -0.597. The van der Waals surface area contributed by atoms with Gasteiger partial charge in [-0.3, -0.25) is 19.3 Å². The molecule has 1 heterocycles. The highest BCUT2D eigenvalue weighted by Gasteiger charge is 2.37. The number of hydrogen-bond donors (Lipinski definition) is 1. The zero-order chi connectivity index (χ0) is 21.5. The first-order valence-electron chi connectivity index (χ1n) is 9.93. The Morgan fingerprint density at radius 3 is 2.17 bits per heavy atom. The second-order valence-corrected chi connectivity index (χ2v) is 7.08. The molecule has 1 unspecified atom stereocenters. The second-order valence-electron chi connectivity index (χ2n) is 7.08. The number of benzene rings is 2. The number of hydrogen-bond acceptors (Lipinski definition) is 5. The first kappa shape index (κ1) is 21.2. The van der Waals surface area contributed by atoms with Crippen LogP contribution in [0.4, 0.5) is 4.79 Å². The van der Waals surface area contributed by atoms with Crippen LogP contribution in [-0.4, -0.2) is 41.7 Å². The van der Waals surface area contributed by atoms with E-state index in [4.69, 9.17) is 4.74 Å². The number of carbonyl (C=O) groups excluding carboxylic acids is 4. The molecule has 156 valence electrons. The van der Waals surface area contributed by atoms with E-state index in [1.54, 1.807) is 24.3 Å². The van der Waals surface area contributed by atoms with Gasteiger partial charge in [-0.15, -0.1) is 0 Å². The van der Waals surface area contributed by atoms with E-state index in [-0.39, 0.29) is 43.7 Å². The maximum Gasteiger partial charge on any atom is 0.407 e. The molecule has 1 aliphatic rings. The first-order chi connectivity index (χ1) is 14.5. The number of carbonyl (C=O) groups is 4. The lowest BCUT2D eigenvalue weighted by atomic mass is 9.98. The molecule has 0 saturated carbocycles. The Morgan fingerprint density at radius 2 is 1.57 bits per heavy atom. The number of alkyl carbamates (subject to hydrolysis) is 1. The maximum absolute atomic E-state index is 12.6. The van der Waals surface area contributed by atoms with Crippen LogP contribution in [0.1, 0.15) is 46.0 Å². The van der Waals surface area contributed by atoms with Gasteiger partial charge in [0, 0.05) is 25.4 Å². The Hall–Kier alpha value is -3.48. The van der Waals surface area contributed by atoms with Gasteiger partial charge >= 0.3 is 6.09 Å². The van der Waals surface area contributed by atoms with E-state index in [1.807, 2.05) is 37.3 Å². The lowest BCUT2D eigenvalue weighted by Gasteiger charge is -2.20. The standard InChI is InChI=1S/C23H24N2O5/c1-2-17(14-25-21(27)18-10-6-7-11-19(18)22(25)28)20(26)12-13-24-23(29)30-15-16-8-4-3-5-9-16/h3-11,17H,2,12-15H2,1H3,(H,24,29). The van der Waals surface area contributed by atoms with Gasteiger partial charge in [-0.1, -0.05) is 49.4 Å². The highest BCUT2D eigenvalue weighted by Crippen LogP contribution is 2.24. The van der Waals surface area contributed by atoms with Crippen molar-refractivity contribution < 1.29 is 23.9 Å². The Morgan fingerprint density at radius 1 is 0.967 bits per heavy atom. The molecule has 1 atom stereocenters. The molecule has 3 rings (SSSR count). The minimum absolute atomic E-state index is 0.0418. The average Bonchev–Trinajstić information content (AvgIpc) is 3.01. The fourth-order valence-electron chi connectivity index (χ4n) is 3.35. The topological polar surface area (TPSA) is 92.8 Å². The number of nitrogens with one attached hydrogen (secondary N) is 1. The summed E-state index contributed by atoms with van der Waals surface area (Å²) in [5.74, 6) is -1.33. The van der Waals surface area contributed by atoms with E-state index in [2.05, 4.69) is 5.32 Å². The van der Waals surface area contributed by atoms with E-state index in [0.717, 1.165) is 10.5 Å². The summed E-state index contributed by atoms with van der Waals surface area (Å²) in [6, 6.07) is 15.9. The summed E-state index contributed by atoms with van der Waals surface area (Å²) in [6.07, 6.45) is -0.00709. The Labute approximate surface area is 175 Å². The molecule has 0 saturated heterocycles. The molecular weight excluding hydrogens is 384 g/mol. The summed E-state index contributed by atoms with van der Waals surface area (Å²) in [6.45, 7) is 2.16. The van der Waals surface area contributed by atoms with Gasteiger partial charge in [0.1, 0.15) is 12.4 Å². The van der Waals surface area contributed by atoms with Gasteiger partial charge in [0.25, 0.3) is 11.8 Å². The van der Waals surface area contributed by atoms with Gasteiger partial charge in [0.05, 0.1) is 11.1 Å². The predicted octanol–water partition coefficient (Wildman–Crippen LogP) is 3.19. The number of imide groups is 1. The molecule has 1 aliphatic heterocycles. The zero-order valence-electron chi connectivity index (χ0n) is 16.8. The third-order valence-electron chi connectivity index (χ3n) is 5.08. The first-order valence-corrected chi connectivity index (χ1v) is 9.93. The Balaban J connectivity index is 1.45. The summed E-state index contributed by atoms with van der Waals surface area (Å²) in [5.41, 5.74) is 1.61. The molecule has 0 aromatic heterocycles. The van der Waals surface area contributed by atoms with Crippen molar-refractivity contribution in [2.75, 3.05) is 13.1 Å². The van der Waals surface area contributed by atoms with Crippen LogP contribution in [0.25, 0.3) is 0 Å². The van der Waals surface area contributed by atoms with Gasteiger partial charge in [-0.25, -0.2) is 4.79 Å². The van der Waals surface area contributed by atoms with Crippen molar-refractivity contribution in [3.63, 3.8) is 0 Å². The smallest absolute Gasteiger partial charge is 0.407 e. The highest BCUT2D eigenvalue weighted by atomic mass is 16.5. The van der Waals surface area contributed by atoms with Gasteiger partial charge in [0.2, 0.25) is 0 Å². The van der Waals surface area contributed by atoms with Crippen molar-refractivity contribution in [3.05, 3.63) is 71.3 Å². The van der Waals surface area contributed by atoms with Crippen molar-refractivity contribution >= 4 is 23.7 Å². The molecule has 0 aliphatic carbocycles. The maximum atomic E-state index is 12.6. The van der Waals surface area contributed by atoms with E-state index >= 15 is 0 Å². The van der Waals surface area contributed by atoms with Crippen LogP contribution in [0.3, 0.4) is 0 Å². The van der Waals surface area contributed by atoms with Crippen LogP contribution in [0.5, 0.6) is 0 Å².